The lowest BCUT2D eigenvalue weighted by atomic mass is 9.93. The van der Waals surface area contributed by atoms with Crippen LogP contribution in [0.25, 0.3) is 0 Å². The maximum atomic E-state index is 3.55. The van der Waals surface area contributed by atoms with Crippen molar-refractivity contribution in [1.82, 2.24) is 4.90 Å². The summed E-state index contributed by atoms with van der Waals surface area (Å²) in [5.74, 6) is 0.708. The van der Waals surface area contributed by atoms with Crippen LogP contribution in [-0.4, -0.2) is 25.0 Å². The Balaban J connectivity index is 1.57. The van der Waals surface area contributed by atoms with Gasteiger partial charge in [-0.1, -0.05) is 24.3 Å². The van der Waals surface area contributed by atoms with Crippen molar-refractivity contribution in [3.8, 4) is 0 Å². The predicted octanol–water partition coefficient (Wildman–Crippen LogP) is 3.46. The van der Waals surface area contributed by atoms with Gasteiger partial charge in [-0.3, -0.25) is 0 Å². The third-order valence-electron chi connectivity index (χ3n) is 3.68. The maximum absolute atomic E-state index is 3.55. The number of hydrogen-bond donors (Lipinski definition) is 1. The van der Waals surface area contributed by atoms with Crippen LogP contribution in [0.1, 0.15) is 10.4 Å². The van der Waals surface area contributed by atoms with Crippen molar-refractivity contribution in [3.63, 3.8) is 0 Å². The molecule has 1 N–H and O–H groups in total. The second-order valence-electron chi connectivity index (χ2n) is 5.38. The van der Waals surface area contributed by atoms with Gasteiger partial charge in [0.15, 0.2) is 0 Å². The fraction of sp³-hybridized carbons (Fsp3) is 0.375. The Kier molecular flexibility index (Phi) is 3.85. The molecular weight excluding hydrogens is 252 g/mol. The lowest BCUT2D eigenvalue weighted by Gasteiger charge is -2.29. The van der Waals surface area contributed by atoms with Crippen LogP contribution in [-0.2, 0) is 13.0 Å². The highest BCUT2D eigenvalue weighted by Gasteiger charge is 2.19. The largest absolute Gasteiger partial charge is 0.384 e. The van der Waals surface area contributed by atoms with E-state index in [9.17, 15) is 0 Å². The quantitative estimate of drug-likeness (QED) is 0.917. The summed E-state index contributed by atoms with van der Waals surface area (Å²) in [6, 6.07) is 13.0. The number of hydrogen-bond acceptors (Lipinski definition) is 3. The van der Waals surface area contributed by atoms with Gasteiger partial charge in [-0.2, -0.15) is 0 Å². The summed E-state index contributed by atoms with van der Waals surface area (Å²) >= 11 is 1.84. The second kappa shape index (κ2) is 5.76. The van der Waals surface area contributed by atoms with Gasteiger partial charge in [-0.15, -0.1) is 11.3 Å². The van der Waals surface area contributed by atoms with Gasteiger partial charge in [0.25, 0.3) is 0 Å². The van der Waals surface area contributed by atoms with E-state index in [1.54, 1.807) is 0 Å². The average molecular weight is 272 g/mol. The highest BCUT2D eigenvalue weighted by Crippen LogP contribution is 2.25. The normalized spacial score (nSPS) is 18.1. The topological polar surface area (TPSA) is 15.3 Å². The monoisotopic (exact) mass is 272 g/mol. The third kappa shape index (κ3) is 3.17. The molecule has 0 amide bonds. The van der Waals surface area contributed by atoms with Gasteiger partial charge < -0.3 is 10.2 Å². The summed E-state index contributed by atoms with van der Waals surface area (Å²) in [6.07, 6.45) is 1.19. The molecule has 2 aromatic rings. The van der Waals surface area contributed by atoms with E-state index in [1.807, 2.05) is 11.3 Å². The standard InChI is InChI=1S/C16H20N2S/c1-18(12-15-6-4-8-19-15)11-13-9-14-5-2-3-7-16(14)17-10-13/h2-8,13,17H,9-12H2,1H3. The number of para-hydroxylation sites is 1. The molecule has 100 valence electrons. The van der Waals surface area contributed by atoms with Crippen molar-refractivity contribution in [3.05, 3.63) is 52.2 Å². The predicted molar refractivity (Wildman–Crippen MR) is 82.8 cm³/mol. The first-order valence-electron chi connectivity index (χ1n) is 6.84. The van der Waals surface area contributed by atoms with Crippen LogP contribution in [0, 0.1) is 5.92 Å². The van der Waals surface area contributed by atoms with Crippen molar-refractivity contribution in [2.45, 2.75) is 13.0 Å². The molecule has 1 aromatic heterocycles. The lowest BCUT2D eigenvalue weighted by Crippen LogP contribution is -2.33. The number of nitrogens with zero attached hydrogens (tertiary/aromatic N) is 1. The van der Waals surface area contributed by atoms with Crippen molar-refractivity contribution < 1.29 is 0 Å². The summed E-state index contributed by atoms with van der Waals surface area (Å²) in [5.41, 5.74) is 2.78. The van der Waals surface area contributed by atoms with E-state index in [1.165, 1.54) is 22.5 Å². The molecule has 19 heavy (non-hydrogen) atoms. The van der Waals surface area contributed by atoms with E-state index >= 15 is 0 Å². The summed E-state index contributed by atoms with van der Waals surface area (Å²) in [4.78, 5) is 3.89. The zero-order valence-electron chi connectivity index (χ0n) is 11.3. The Morgan fingerprint density at radius 1 is 1.26 bits per heavy atom. The highest BCUT2D eigenvalue weighted by atomic mass is 32.1. The van der Waals surface area contributed by atoms with Gasteiger partial charge in [0.05, 0.1) is 0 Å². The average Bonchev–Trinajstić information content (AvgIpc) is 2.91. The number of benzene rings is 1. The molecule has 0 bridgehead atoms. The van der Waals surface area contributed by atoms with Gasteiger partial charge in [0, 0.05) is 30.2 Å². The van der Waals surface area contributed by atoms with Crippen molar-refractivity contribution in [2.75, 3.05) is 25.5 Å². The summed E-state index contributed by atoms with van der Waals surface area (Å²) in [6.45, 7) is 3.31. The molecule has 0 aliphatic carbocycles. The molecule has 0 fully saturated rings. The molecule has 1 aromatic carbocycles. The Morgan fingerprint density at radius 3 is 3.00 bits per heavy atom. The molecule has 0 radical (unpaired) electrons. The second-order valence-corrected chi connectivity index (χ2v) is 6.42. The van der Waals surface area contributed by atoms with E-state index in [2.05, 4.69) is 59.0 Å². The first-order chi connectivity index (χ1) is 9.31. The first kappa shape index (κ1) is 12.7. The zero-order chi connectivity index (χ0) is 13.1. The van der Waals surface area contributed by atoms with Crippen LogP contribution < -0.4 is 5.32 Å². The fourth-order valence-electron chi connectivity index (χ4n) is 2.81. The summed E-state index contributed by atoms with van der Waals surface area (Å²) in [5, 5.41) is 5.71. The van der Waals surface area contributed by atoms with Gasteiger partial charge in [0.2, 0.25) is 0 Å². The molecule has 1 unspecified atom stereocenters. The van der Waals surface area contributed by atoms with E-state index in [0.29, 0.717) is 5.92 Å². The minimum atomic E-state index is 0.708. The molecule has 1 aliphatic heterocycles. The van der Waals surface area contributed by atoms with Crippen LogP contribution in [0.2, 0.25) is 0 Å². The van der Waals surface area contributed by atoms with Gasteiger partial charge >= 0.3 is 0 Å². The van der Waals surface area contributed by atoms with Crippen molar-refractivity contribution >= 4 is 17.0 Å². The molecular formula is C16H20N2S. The van der Waals surface area contributed by atoms with Crippen molar-refractivity contribution in [1.29, 1.82) is 0 Å². The Morgan fingerprint density at radius 2 is 2.16 bits per heavy atom. The smallest absolute Gasteiger partial charge is 0.0372 e. The number of thiophene rings is 1. The highest BCUT2D eigenvalue weighted by molar-refractivity contribution is 7.09. The number of anilines is 1. The summed E-state index contributed by atoms with van der Waals surface area (Å²) < 4.78 is 0. The minimum absolute atomic E-state index is 0.708. The first-order valence-corrected chi connectivity index (χ1v) is 7.72. The molecule has 3 heteroatoms. The van der Waals surface area contributed by atoms with Crippen LogP contribution >= 0.6 is 11.3 Å². The minimum Gasteiger partial charge on any atom is -0.384 e. The molecule has 0 saturated carbocycles. The van der Waals surface area contributed by atoms with Gasteiger partial charge in [-0.25, -0.2) is 0 Å². The molecule has 0 saturated heterocycles. The van der Waals surface area contributed by atoms with Crippen LogP contribution in [0.3, 0.4) is 0 Å². The lowest BCUT2D eigenvalue weighted by molar-refractivity contribution is 0.273. The van der Waals surface area contributed by atoms with Crippen LogP contribution in [0.15, 0.2) is 41.8 Å². The Hall–Kier alpha value is -1.32. The molecule has 3 rings (SSSR count). The number of rotatable bonds is 4. The molecule has 0 spiro atoms. The van der Waals surface area contributed by atoms with Gasteiger partial charge in [-0.05, 0) is 42.5 Å². The van der Waals surface area contributed by atoms with Crippen LogP contribution in [0.4, 0.5) is 5.69 Å². The van der Waals surface area contributed by atoms with E-state index in [0.717, 1.165) is 19.6 Å². The Labute approximate surface area is 119 Å². The SMILES string of the molecule is CN(Cc1cccs1)CC1CNc2ccccc2C1. The van der Waals surface area contributed by atoms with E-state index < -0.39 is 0 Å². The molecule has 1 atom stereocenters. The Bertz CT molecular complexity index is 521. The number of nitrogens with one attached hydrogen (secondary N) is 1. The third-order valence-corrected chi connectivity index (χ3v) is 4.54. The molecule has 1 aliphatic rings. The maximum Gasteiger partial charge on any atom is 0.0372 e. The molecule has 2 heterocycles. The van der Waals surface area contributed by atoms with Crippen LogP contribution in [0.5, 0.6) is 0 Å². The fourth-order valence-corrected chi connectivity index (χ4v) is 3.60. The van der Waals surface area contributed by atoms with E-state index in [-0.39, 0.29) is 0 Å². The zero-order valence-corrected chi connectivity index (χ0v) is 12.1. The molecule has 2 nitrogen and oxygen atoms in total. The number of fused-ring (bicyclic) bond motifs is 1. The summed E-state index contributed by atoms with van der Waals surface area (Å²) in [7, 11) is 2.22. The van der Waals surface area contributed by atoms with Crippen molar-refractivity contribution in [2.24, 2.45) is 5.92 Å². The van der Waals surface area contributed by atoms with E-state index in [4.69, 9.17) is 0 Å². The van der Waals surface area contributed by atoms with Gasteiger partial charge in [0.1, 0.15) is 0 Å².